The molecule has 0 unspecified atom stereocenters. The molecule has 1 saturated carbocycles. The first-order chi connectivity index (χ1) is 20.7. The van der Waals surface area contributed by atoms with Crippen molar-refractivity contribution in [2.24, 2.45) is 5.41 Å². The summed E-state index contributed by atoms with van der Waals surface area (Å²) in [7, 11) is 1.48. The summed E-state index contributed by atoms with van der Waals surface area (Å²) < 4.78 is 30.4. The van der Waals surface area contributed by atoms with Gasteiger partial charge in [-0.25, -0.2) is 4.39 Å². The maximum absolute atomic E-state index is 13.2. The van der Waals surface area contributed by atoms with Crippen LogP contribution in [-0.4, -0.2) is 36.5 Å². The summed E-state index contributed by atoms with van der Waals surface area (Å²) in [6.07, 6.45) is 2.47. The molecule has 1 fully saturated rings. The maximum Gasteiger partial charge on any atom is 1.00 e. The second kappa shape index (κ2) is 14.3. The molecule has 222 valence electrons. The molecule has 1 aliphatic carbocycles. The summed E-state index contributed by atoms with van der Waals surface area (Å²) in [5, 5.41) is 16.9. The SMILES string of the molecule is COc1cc2c(Oc3ccc(NC(=O)C4(C(=O)Nc5ccc(F)cc5)CC4)cc3Cl)ccnc2cc1OCCCC(=O)[O-].[Na+]. The number of nitrogens with zero attached hydrogens (tertiary/aromatic N) is 1. The van der Waals surface area contributed by atoms with Crippen molar-refractivity contribution in [3.05, 3.63) is 77.7 Å². The first-order valence-electron chi connectivity index (χ1n) is 13.3. The molecule has 0 bridgehead atoms. The van der Waals surface area contributed by atoms with Crippen LogP contribution in [0.3, 0.4) is 0 Å². The number of fused-ring (bicyclic) bond motifs is 1. The average molecular weight is 630 g/mol. The van der Waals surface area contributed by atoms with Crippen LogP contribution in [0.1, 0.15) is 25.7 Å². The first kappa shape index (κ1) is 33.0. The van der Waals surface area contributed by atoms with E-state index in [0.717, 1.165) is 0 Å². The Morgan fingerprint density at radius 1 is 0.932 bits per heavy atom. The molecule has 10 nitrogen and oxygen atoms in total. The molecule has 4 aromatic rings. The minimum atomic E-state index is -1.22. The van der Waals surface area contributed by atoms with Gasteiger partial charge in [0.1, 0.15) is 22.7 Å². The molecule has 13 heteroatoms. The molecule has 0 spiro atoms. The van der Waals surface area contributed by atoms with Gasteiger partial charge in [0.15, 0.2) is 11.5 Å². The zero-order valence-electron chi connectivity index (χ0n) is 23.9. The van der Waals surface area contributed by atoms with Crippen LogP contribution in [0.15, 0.2) is 66.9 Å². The third kappa shape index (κ3) is 7.59. The Bertz CT molecular complexity index is 1700. The van der Waals surface area contributed by atoms with E-state index in [0.29, 0.717) is 58.1 Å². The summed E-state index contributed by atoms with van der Waals surface area (Å²) in [5.41, 5.74) is 0.0986. The Morgan fingerprint density at radius 3 is 2.25 bits per heavy atom. The van der Waals surface area contributed by atoms with Gasteiger partial charge < -0.3 is 34.7 Å². The van der Waals surface area contributed by atoms with E-state index in [4.69, 9.17) is 25.8 Å². The van der Waals surface area contributed by atoms with Gasteiger partial charge in [-0.1, -0.05) is 11.6 Å². The van der Waals surface area contributed by atoms with Crippen LogP contribution in [0.4, 0.5) is 15.8 Å². The summed E-state index contributed by atoms with van der Waals surface area (Å²) >= 11 is 6.51. The number of ether oxygens (including phenoxy) is 3. The van der Waals surface area contributed by atoms with E-state index in [1.807, 2.05) is 0 Å². The van der Waals surface area contributed by atoms with E-state index in [1.165, 1.54) is 37.4 Å². The summed E-state index contributed by atoms with van der Waals surface area (Å²) in [4.78, 5) is 40.9. The fraction of sp³-hybridized carbons (Fsp3) is 0.226. The van der Waals surface area contributed by atoms with Crippen molar-refractivity contribution in [3.63, 3.8) is 0 Å². The van der Waals surface area contributed by atoms with Crippen LogP contribution in [0.5, 0.6) is 23.0 Å². The number of carboxylic acid groups (broad SMARTS) is 1. The van der Waals surface area contributed by atoms with Crippen molar-refractivity contribution < 1.29 is 67.6 Å². The molecule has 0 radical (unpaired) electrons. The normalized spacial score (nSPS) is 12.9. The van der Waals surface area contributed by atoms with Crippen LogP contribution in [0.25, 0.3) is 10.9 Å². The number of benzene rings is 3. The number of carbonyl (C=O) groups is 3. The second-order valence-corrected chi connectivity index (χ2v) is 10.3. The van der Waals surface area contributed by atoms with E-state index in [-0.39, 0.29) is 54.0 Å². The number of hydrogen-bond acceptors (Lipinski definition) is 8. The average Bonchev–Trinajstić information content (AvgIpc) is 3.80. The molecule has 3 aromatic carbocycles. The molecular formula is C31H26ClFN3NaO7. The number of carboxylic acids is 1. The quantitative estimate of drug-likeness (QED) is 0.138. The van der Waals surface area contributed by atoms with Gasteiger partial charge in [-0.05, 0) is 80.3 Å². The minimum absolute atomic E-state index is 0. The van der Waals surface area contributed by atoms with Gasteiger partial charge in [-0.3, -0.25) is 14.6 Å². The van der Waals surface area contributed by atoms with Gasteiger partial charge in [0.2, 0.25) is 11.8 Å². The number of halogens is 2. The van der Waals surface area contributed by atoms with E-state index < -0.39 is 29.0 Å². The zero-order chi connectivity index (χ0) is 30.6. The number of rotatable bonds is 12. The standard InChI is InChI=1S/C31H27ClFN3O7.Na/c1-41-26-16-21-23(17-27(26)42-14-2-3-28(37)38)34-13-10-24(21)43-25-9-8-20(15-22(25)32)36-30(40)31(11-12-31)29(39)35-19-6-4-18(33)5-7-19;/h4-10,13,15-17H,2-3,11-12,14H2,1H3,(H,35,39)(H,36,40)(H,37,38);/q;+1/p-1. The Hall–Kier alpha value is -3.90. The van der Waals surface area contributed by atoms with Gasteiger partial charge in [0, 0.05) is 35.0 Å². The zero-order valence-corrected chi connectivity index (χ0v) is 26.7. The maximum atomic E-state index is 13.2. The molecule has 2 amide bonds. The molecule has 0 saturated heterocycles. The van der Waals surface area contributed by atoms with Crippen LogP contribution in [0.2, 0.25) is 5.02 Å². The van der Waals surface area contributed by atoms with E-state index in [1.54, 1.807) is 36.5 Å². The first-order valence-corrected chi connectivity index (χ1v) is 13.7. The third-order valence-corrected chi connectivity index (χ3v) is 7.20. The number of aliphatic carboxylic acids is 1. The Labute approximate surface area is 279 Å². The second-order valence-electron chi connectivity index (χ2n) is 9.90. The van der Waals surface area contributed by atoms with Gasteiger partial charge in [0.05, 0.1) is 24.3 Å². The number of hydrogen-bond donors (Lipinski definition) is 2. The van der Waals surface area contributed by atoms with E-state index in [2.05, 4.69) is 15.6 Å². The number of amides is 2. The summed E-state index contributed by atoms with van der Waals surface area (Å²) in [6, 6.07) is 15.0. The van der Waals surface area contributed by atoms with Gasteiger partial charge in [0.25, 0.3) is 0 Å². The minimum Gasteiger partial charge on any atom is -0.550 e. The van der Waals surface area contributed by atoms with Crippen molar-refractivity contribution in [2.45, 2.75) is 25.7 Å². The monoisotopic (exact) mass is 629 g/mol. The topological polar surface area (TPSA) is 139 Å². The molecule has 1 heterocycles. The molecule has 2 N–H and O–H groups in total. The largest absolute Gasteiger partial charge is 1.00 e. The molecule has 0 aliphatic heterocycles. The Balaban J connectivity index is 0.00000442. The predicted molar refractivity (Wildman–Crippen MR) is 155 cm³/mol. The Morgan fingerprint density at radius 2 is 1.61 bits per heavy atom. The van der Waals surface area contributed by atoms with Crippen molar-refractivity contribution >= 4 is 51.7 Å². The number of aromatic nitrogens is 1. The number of pyridine rings is 1. The fourth-order valence-electron chi connectivity index (χ4n) is 4.39. The van der Waals surface area contributed by atoms with Crippen LogP contribution in [0, 0.1) is 11.2 Å². The molecule has 1 aliphatic rings. The van der Waals surface area contributed by atoms with Crippen LogP contribution < -0.4 is 59.5 Å². The summed E-state index contributed by atoms with van der Waals surface area (Å²) in [5.74, 6) is -0.971. The van der Waals surface area contributed by atoms with Crippen LogP contribution in [-0.2, 0) is 14.4 Å². The number of anilines is 2. The van der Waals surface area contributed by atoms with Gasteiger partial charge in [-0.2, -0.15) is 0 Å². The smallest absolute Gasteiger partial charge is 0.550 e. The molecule has 5 rings (SSSR count). The number of carbonyl (C=O) groups excluding carboxylic acids is 3. The number of nitrogens with one attached hydrogen (secondary N) is 2. The van der Waals surface area contributed by atoms with Crippen molar-refractivity contribution in [3.8, 4) is 23.0 Å². The van der Waals surface area contributed by atoms with Crippen LogP contribution >= 0.6 is 11.6 Å². The number of methoxy groups -OCH3 is 1. The van der Waals surface area contributed by atoms with Crippen molar-refractivity contribution in [1.29, 1.82) is 0 Å². The summed E-state index contributed by atoms with van der Waals surface area (Å²) in [6.45, 7) is 0.157. The molecule has 0 atom stereocenters. The van der Waals surface area contributed by atoms with Gasteiger partial charge in [-0.15, -0.1) is 0 Å². The molecular weight excluding hydrogens is 604 g/mol. The fourth-order valence-corrected chi connectivity index (χ4v) is 4.60. The van der Waals surface area contributed by atoms with E-state index in [9.17, 15) is 23.9 Å². The third-order valence-electron chi connectivity index (χ3n) is 6.90. The van der Waals surface area contributed by atoms with Gasteiger partial charge >= 0.3 is 29.6 Å². The molecule has 1 aromatic heterocycles. The predicted octanol–water partition coefficient (Wildman–Crippen LogP) is 2.10. The van der Waals surface area contributed by atoms with Crippen molar-refractivity contribution in [2.75, 3.05) is 24.4 Å². The van der Waals surface area contributed by atoms with E-state index >= 15 is 0 Å². The molecule has 44 heavy (non-hydrogen) atoms. The van der Waals surface area contributed by atoms with Crippen molar-refractivity contribution in [1.82, 2.24) is 4.98 Å². The Kier molecular flexibility index (Phi) is 10.7.